The molecule has 5 rings (SSSR count). The van der Waals surface area contributed by atoms with E-state index in [1.54, 1.807) is 42.5 Å². The summed E-state index contributed by atoms with van der Waals surface area (Å²) in [6.07, 6.45) is 0. The molecule has 0 saturated carbocycles. The average molecular weight is 649 g/mol. The van der Waals surface area contributed by atoms with Crippen molar-refractivity contribution in [3.8, 4) is 0 Å². The highest BCUT2D eigenvalue weighted by Gasteiger charge is 2.63. The molecule has 2 aromatic rings. The van der Waals surface area contributed by atoms with E-state index >= 15 is 0 Å². The van der Waals surface area contributed by atoms with E-state index in [4.69, 9.17) is 36.2 Å². The normalized spacial score (nSPS) is 26.7. The Kier molecular flexibility index (Phi) is 8.00. The number of rotatable bonds is 2. The molecule has 0 amide bonds. The highest BCUT2D eigenvalue weighted by Crippen LogP contribution is 2.43. The number of benzene rings is 2. The van der Waals surface area contributed by atoms with E-state index < -0.39 is 46.0 Å². The first-order chi connectivity index (χ1) is 21.4. The van der Waals surface area contributed by atoms with Crippen LogP contribution in [0.5, 0.6) is 0 Å². The van der Waals surface area contributed by atoms with Crippen molar-refractivity contribution in [3.05, 3.63) is 64.1 Å². The van der Waals surface area contributed by atoms with Gasteiger partial charge in [0.2, 0.25) is 0 Å². The molecule has 6 nitrogen and oxygen atoms in total. The molecule has 0 unspecified atom stereocenters. The maximum atomic E-state index is 7.45. The summed E-state index contributed by atoms with van der Waals surface area (Å²) < 4.78 is 80.1. The smallest absolute Gasteiger partial charge is 0.405 e. The van der Waals surface area contributed by atoms with Crippen molar-refractivity contribution in [1.82, 2.24) is 0 Å². The lowest BCUT2D eigenvalue weighted by molar-refractivity contribution is 0.00578. The van der Waals surface area contributed by atoms with E-state index in [1.165, 1.54) is 0 Å². The zero-order valence-electron chi connectivity index (χ0n) is 33.2. The van der Waals surface area contributed by atoms with Crippen LogP contribution in [0.1, 0.15) is 102 Å². The van der Waals surface area contributed by atoms with E-state index in [0.717, 1.165) is 9.94 Å². The fourth-order valence-corrected chi connectivity index (χ4v) is 4.55. The van der Waals surface area contributed by atoms with Crippen LogP contribution in [-0.2, 0) is 27.9 Å². The van der Waals surface area contributed by atoms with Gasteiger partial charge in [-0.3, -0.25) is 0 Å². The lowest BCUT2D eigenvalue weighted by Crippen LogP contribution is -2.41. The van der Waals surface area contributed by atoms with Gasteiger partial charge in [-0.25, -0.2) is 0 Å². The summed E-state index contributed by atoms with van der Waals surface area (Å²) in [5.74, 6) is 0. The number of hydrogen-bond donors (Lipinski definition) is 0. The quantitative estimate of drug-likeness (QED) is 0.319. The second-order valence-corrected chi connectivity index (χ2v) is 14.9. The molecule has 0 atom stereocenters. The molecule has 0 spiro atoms. The highest BCUT2D eigenvalue weighted by molar-refractivity contribution is 9.10. The lowest BCUT2D eigenvalue weighted by Gasteiger charge is -2.32. The first kappa shape index (κ1) is 27.2. The van der Waals surface area contributed by atoms with E-state index in [-0.39, 0.29) is 22.4 Å². The molecule has 0 bridgehead atoms. The molecule has 3 saturated heterocycles. The van der Waals surface area contributed by atoms with Crippen LogP contribution in [0, 0.1) is 13.7 Å². The van der Waals surface area contributed by atoms with E-state index in [9.17, 15) is 0 Å². The van der Waals surface area contributed by atoms with Crippen LogP contribution in [0.3, 0.4) is 0 Å². The Balaban J connectivity index is 0.000000203. The predicted molar refractivity (Wildman–Crippen MR) is 178 cm³/mol. The van der Waals surface area contributed by atoms with Crippen LogP contribution in [0.25, 0.3) is 0 Å². The van der Waals surface area contributed by atoms with Crippen LogP contribution in [0.2, 0.25) is 0 Å². The fourth-order valence-electron chi connectivity index (χ4n) is 4.15. The van der Waals surface area contributed by atoms with Crippen molar-refractivity contribution in [3.63, 3.8) is 0 Å². The fraction of sp³-hybridized carbons (Fsp3) is 0.625. The molecule has 0 N–H and O–H groups in total. The monoisotopic (exact) mass is 648 g/mol. The van der Waals surface area contributed by atoms with Gasteiger partial charge in [0, 0.05) is 12.7 Å². The Morgan fingerprint density at radius 3 is 1.24 bits per heavy atom. The predicted octanol–water partition coefficient (Wildman–Crippen LogP) is 7.30. The van der Waals surface area contributed by atoms with Gasteiger partial charge in [0.1, 0.15) is 0 Å². The first-order valence-corrected chi connectivity index (χ1v) is 15.1. The van der Waals surface area contributed by atoms with Crippen molar-refractivity contribution in [2.45, 2.75) is 130 Å². The Hall–Kier alpha value is -1.13. The number of hydrogen-bond acceptors (Lipinski definition) is 6. The number of halogens is 1. The van der Waals surface area contributed by atoms with Crippen molar-refractivity contribution in [2.24, 2.45) is 0 Å². The van der Waals surface area contributed by atoms with Crippen LogP contribution in [-0.4, -0.2) is 54.7 Å². The maximum Gasteiger partial charge on any atom is 0.494 e. The standard InChI is InChI=1S/C13H19BO2.C12H24B2O4.C7H7Br/c1-10-7-6-8-11(9-10)14-15-12(2,3)13(4,5)16-14;1-9(2)10(3,4)16-13(15-9)14-17-11(5,6)12(7,8)18-14;1-6-3-2-4-7(8)5-6/h6-9H,1-5H3;1-8H3;2-5H,1H3/i1D3;;1D3. The van der Waals surface area contributed by atoms with Gasteiger partial charge in [0.05, 0.1) is 33.6 Å². The van der Waals surface area contributed by atoms with Gasteiger partial charge in [0.25, 0.3) is 0 Å². The molecule has 3 heterocycles. The molecule has 2 aromatic carbocycles. The summed E-state index contributed by atoms with van der Waals surface area (Å²) in [5, 5.41) is 0. The molecule has 0 aliphatic carbocycles. The minimum absolute atomic E-state index is 0.305. The zero-order valence-corrected chi connectivity index (χ0v) is 28.8. The summed E-state index contributed by atoms with van der Waals surface area (Å²) in [6, 6.07) is 13.5. The second kappa shape index (κ2) is 12.3. The Bertz CT molecular complexity index is 1350. The first-order valence-electron chi connectivity index (χ1n) is 17.3. The van der Waals surface area contributed by atoms with Crippen molar-refractivity contribution in [2.75, 3.05) is 0 Å². The van der Waals surface area contributed by atoms with Crippen LogP contribution in [0.15, 0.2) is 53.0 Å². The highest BCUT2D eigenvalue weighted by atomic mass is 79.9. The molecule has 10 heteroatoms. The molecule has 0 radical (unpaired) electrons. The van der Waals surface area contributed by atoms with Gasteiger partial charge >= 0.3 is 21.1 Å². The summed E-state index contributed by atoms with van der Waals surface area (Å²) in [4.78, 5) is 0. The third kappa shape index (κ3) is 7.93. The van der Waals surface area contributed by atoms with Gasteiger partial charge in [-0.05, 0) is 114 Å². The third-order valence-corrected chi connectivity index (χ3v) is 9.50. The molecule has 3 fully saturated rings. The minimum Gasteiger partial charge on any atom is -0.405 e. The van der Waals surface area contributed by atoms with Gasteiger partial charge in [0.15, 0.2) is 0 Å². The summed E-state index contributed by atoms with van der Waals surface area (Å²) in [6.45, 7) is 20.0. The summed E-state index contributed by atoms with van der Waals surface area (Å²) in [5.41, 5.74) is -0.870. The average Bonchev–Trinajstić information content (AvgIpc) is 3.37. The molecule has 0 aromatic heterocycles. The second-order valence-electron chi connectivity index (χ2n) is 14.0. The topological polar surface area (TPSA) is 55.4 Å². The lowest BCUT2D eigenvalue weighted by atomic mass is 9.49. The Morgan fingerprint density at radius 1 is 0.524 bits per heavy atom. The van der Waals surface area contributed by atoms with Gasteiger partial charge < -0.3 is 27.9 Å². The molecular weight excluding hydrogens is 593 g/mol. The van der Waals surface area contributed by atoms with E-state index in [1.807, 2.05) is 89.2 Å². The molecular formula is C32H50B3BrO6. The van der Waals surface area contributed by atoms with Gasteiger partial charge in [-0.15, -0.1) is 0 Å². The zero-order chi connectivity index (χ0) is 36.9. The van der Waals surface area contributed by atoms with Crippen molar-refractivity contribution < 1.29 is 36.2 Å². The summed E-state index contributed by atoms with van der Waals surface area (Å²) >= 11 is 3.20. The molecule has 42 heavy (non-hydrogen) atoms. The molecule has 3 aliphatic heterocycles. The largest absolute Gasteiger partial charge is 0.494 e. The molecule has 3 aliphatic rings. The number of aryl methyl sites for hydroxylation is 2. The Morgan fingerprint density at radius 2 is 0.881 bits per heavy atom. The third-order valence-electron chi connectivity index (χ3n) is 9.00. The van der Waals surface area contributed by atoms with Crippen LogP contribution >= 0.6 is 15.9 Å². The van der Waals surface area contributed by atoms with Crippen LogP contribution < -0.4 is 5.46 Å². The SMILES string of the molecule is CC1(C)OB(B2OC(C)(C)C(C)(C)O2)OC1(C)C.[2H]C([2H])([2H])c1cccc(B2OC(C)(C)C(C)(C)O2)c1.[2H]C([2H])([2H])c1cccc(Br)c1. The van der Waals surface area contributed by atoms with Gasteiger partial charge in [-0.2, -0.15) is 0 Å². The Labute approximate surface area is 272 Å². The van der Waals surface area contributed by atoms with E-state index in [2.05, 4.69) is 15.9 Å². The molecule has 230 valence electrons. The van der Waals surface area contributed by atoms with Gasteiger partial charge in [-0.1, -0.05) is 63.5 Å². The summed E-state index contributed by atoms with van der Waals surface area (Å²) in [7, 11) is -1.47. The van der Waals surface area contributed by atoms with Crippen LogP contribution in [0.4, 0.5) is 0 Å². The van der Waals surface area contributed by atoms with Crippen molar-refractivity contribution >= 4 is 42.5 Å². The minimum atomic E-state index is -2.11. The van der Waals surface area contributed by atoms with Crippen molar-refractivity contribution in [1.29, 1.82) is 0 Å². The van der Waals surface area contributed by atoms with E-state index in [0.29, 0.717) is 11.1 Å². The maximum absolute atomic E-state index is 7.45.